The van der Waals surface area contributed by atoms with E-state index in [0.29, 0.717) is 11.4 Å². The number of benzene rings is 1. The first-order valence-electron chi connectivity index (χ1n) is 6.05. The Labute approximate surface area is 122 Å². The zero-order chi connectivity index (χ0) is 14.8. The highest BCUT2D eigenvalue weighted by Crippen LogP contribution is 2.22. The Bertz CT molecular complexity index is 610. The molecule has 1 unspecified atom stereocenters. The van der Waals surface area contributed by atoms with Gasteiger partial charge in [-0.05, 0) is 24.6 Å². The van der Waals surface area contributed by atoms with Gasteiger partial charge in [0.2, 0.25) is 15.9 Å². The van der Waals surface area contributed by atoms with E-state index < -0.39 is 10.0 Å². The van der Waals surface area contributed by atoms with E-state index in [4.69, 9.17) is 0 Å². The normalized spacial score (nSPS) is 18.8. The van der Waals surface area contributed by atoms with Gasteiger partial charge in [-0.15, -0.1) is 11.8 Å². The van der Waals surface area contributed by atoms with Gasteiger partial charge in [0.1, 0.15) is 0 Å². The van der Waals surface area contributed by atoms with Gasteiger partial charge in [-0.1, -0.05) is 6.07 Å². The molecule has 1 atom stereocenters. The summed E-state index contributed by atoms with van der Waals surface area (Å²) in [7, 11) is -3.34. The minimum Gasteiger partial charge on any atom is -0.325 e. The van der Waals surface area contributed by atoms with Crippen molar-refractivity contribution >= 4 is 39.1 Å². The van der Waals surface area contributed by atoms with Crippen LogP contribution in [0.25, 0.3) is 0 Å². The summed E-state index contributed by atoms with van der Waals surface area (Å²) >= 11 is 1.67. The summed E-state index contributed by atoms with van der Waals surface area (Å²) in [6.07, 6.45) is 1.09. The van der Waals surface area contributed by atoms with Gasteiger partial charge in [-0.2, -0.15) is 0 Å². The van der Waals surface area contributed by atoms with Gasteiger partial charge < -0.3 is 5.32 Å². The average molecular weight is 315 g/mol. The number of nitrogens with one attached hydrogen (secondary N) is 3. The van der Waals surface area contributed by atoms with Gasteiger partial charge in [-0.3, -0.25) is 14.8 Å². The number of aryl methyl sites for hydroxylation is 1. The van der Waals surface area contributed by atoms with E-state index in [1.165, 1.54) is 0 Å². The van der Waals surface area contributed by atoms with Crippen molar-refractivity contribution in [2.75, 3.05) is 27.9 Å². The molecule has 1 fully saturated rings. The van der Waals surface area contributed by atoms with Crippen LogP contribution in [-0.2, 0) is 14.8 Å². The summed E-state index contributed by atoms with van der Waals surface area (Å²) in [5.41, 5.74) is 1.84. The van der Waals surface area contributed by atoms with E-state index in [2.05, 4.69) is 15.4 Å². The molecule has 1 aromatic rings. The predicted molar refractivity (Wildman–Crippen MR) is 82.5 cm³/mol. The summed E-state index contributed by atoms with van der Waals surface area (Å²) in [6.45, 7) is 1.80. The van der Waals surface area contributed by atoms with Gasteiger partial charge in [0.05, 0.1) is 18.0 Å². The Kier molecular flexibility index (Phi) is 4.56. The van der Waals surface area contributed by atoms with Crippen LogP contribution in [0, 0.1) is 6.92 Å². The molecule has 0 aliphatic carbocycles. The van der Waals surface area contributed by atoms with Crippen molar-refractivity contribution in [1.29, 1.82) is 0 Å². The number of amides is 1. The fraction of sp³-hybridized carbons (Fsp3) is 0.417. The first-order valence-corrected chi connectivity index (χ1v) is 9.10. The molecule has 20 heavy (non-hydrogen) atoms. The molecule has 2 rings (SSSR count). The first-order chi connectivity index (χ1) is 9.35. The van der Waals surface area contributed by atoms with Crippen LogP contribution in [0.4, 0.5) is 11.4 Å². The second-order valence-corrected chi connectivity index (χ2v) is 7.44. The quantitative estimate of drug-likeness (QED) is 0.770. The van der Waals surface area contributed by atoms with Crippen LogP contribution in [0.1, 0.15) is 5.56 Å². The molecular formula is C12H17N3O3S2. The third-order valence-corrected chi connectivity index (χ3v) is 4.36. The number of rotatable bonds is 4. The van der Waals surface area contributed by atoms with Gasteiger partial charge in [0.25, 0.3) is 0 Å². The minimum absolute atomic E-state index is 0.107. The minimum atomic E-state index is -3.34. The molecule has 3 N–H and O–H groups in total. The highest BCUT2D eigenvalue weighted by atomic mass is 32.2. The van der Waals surface area contributed by atoms with E-state index in [0.717, 1.165) is 23.4 Å². The molecule has 1 heterocycles. The Morgan fingerprint density at radius 1 is 1.45 bits per heavy atom. The van der Waals surface area contributed by atoms with Crippen molar-refractivity contribution in [1.82, 2.24) is 5.32 Å². The predicted octanol–water partition coefficient (Wildman–Crippen LogP) is 0.968. The Hall–Kier alpha value is -1.25. The van der Waals surface area contributed by atoms with E-state index in [1.807, 2.05) is 0 Å². The van der Waals surface area contributed by atoms with Crippen molar-refractivity contribution in [2.24, 2.45) is 0 Å². The summed E-state index contributed by atoms with van der Waals surface area (Å²) in [5, 5.41) is 5.87. The number of hydrogen-bond donors (Lipinski definition) is 3. The molecule has 0 saturated carbocycles. The molecule has 1 aliphatic rings. The first kappa shape index (κ1) is 15.1. The highest BCUT2D eigenvalue weighted by molar-refractivity contribution is 7.99. The zero-order valence-electron chi connectivity index (χ0n) is 11.3. The fourth-order valence-corrected chi connectivity index (χ4v) is 3.36. The third kappa shape index (κ3) is 4.12. The van der Waals surface area contributed by atoms with E-state index >= 15 is 0 Å². The van der Waals surface area contributed by atoms with Gasteiger partial charge in [0, 0.05) is 17.3 Å². The van der Waals surface area contributed by atoms with Crippen molar-refractivity contribution in [2.45, 2.75) is 13.0 Å². The molecule has 0 bridgehead atoms. The van der Waals surface area contributed by atoms with Crippen molar-refractivity contribution in [3.05, 3.63) is 23.8 Å². The Morgan fingerprint density at radius 3 is 2.80 bits per heavy atom. The molecule has 8 heteroatoms. The molecule has 6 nitrogen and oxygen atoms in total. The van der Waals surface area contributed by atoms with Crippen molar-refractivity contribution in [3.8, 4) is 0 Å². The smallest absolute Gasteiger partial charge is 0.242 e. The van der Waals surface area contributed by atoms with Gasteiger partial charge in [0.15, 0.2) is 0 Å². The summed E-state index contributed by atoms with van der Waals surface area (Å²) in [6, 6.07) is 4.94. The van der Waals surface area contributed by atoms with Crippen LogP contribution in [0.15, 0.2) is 18.2 Å². The molecule has 1 aromatic carbocycles. The molecule has 0 aromatic heterocycles. The zero-order valence-corrected chi connectivity index (χ0v) is 12.9. The summed E-state index contributed by atoms with van der Waals surface area (Å²) in [4.78, 5) is 12.0. The summed E-state index contributed by atoms with van der Waals surface area (Å²) in [5.74, 6) is 1.41. The number of carbonyl (C=O) groups excluding carboxylic acids is 1. The summed E-state index contributed by atoms with van der Waals surface area (Å²) < 4.78 is 25.0. The second-order valence-electron chi connectivity index (χ2n) is 4.67. The second kappa shape index (κ2) is 6.02. The standard InChI is InChI=1S/C12H17N3O3S2/c1-8-3-4-9(5-10(8)15-20(2,17)18)14-12(16)11-6-19-7-13-11/h3-5,11,13,15H,6-7H2,1-2H3,(H,14,16). The van der Waals surface area contributed by atoms with Crippen LogP contribution in [0.5, 0.6) is 0 Å². The number of carbonyl (C=O) groups is 1. The maximum absolute atomic E-state index is 12.0. The van der Waals surface area contributed by atoms with E-state index in [9.17, 15) is 13.2 Å². The monoisotopic (exact) mass is 315 g/mol. The molecule has 1 aliphatic heterocycles. The number of thioether (sulfide) groups is 1. The number of hydrogen-bond acceptors (Lipinski definition) is 5. The number of sulfonamides is 1. The topological polar surface area (TPSA) is 87.3 Å². The van der Waals surface area contributed by atoms with Crippen LogP contribution in [-0.4, -0.2) is 38.3 Å². The highest BCUT2D eigenvalue weighted by Gasteiger charge is 2.22. The lowest BCUT2D eigenvalue weighted by molar-refractivity contribution is -0.117. The van der Waals surface area contributed by atoms with E-state index in [-0.39, 0.29) is 11.9 Å². The average Bonchev–Trinajstić information content (AvgIpc) is 2.85. The van der Waals surface area contributed by atoms with Crippen molar-refractivity contribution < 1.29 is 13.2 Å². The van der Waals surface area contributed by atoms with Crippen LogP contribution >= 0.6 is 11.8 Å². The van der Waals surface area contributed by atoms with Crippen LogP contribution in [0.2, 0.25) is 0 Å². The molecule has 110 valence electrons. The van der Waals surface area contributed by atoms with E-state index in [1.54, 1.807) is 36.9 Å². The van der Waals surface area contributed by atoms with Crippen molar-refractivity contribution in [3.63, 3.8) is 0 Å². The maximum atomic E-state index is 12.0. The van der Waals surface area contributed by atoms with Crippen LogP contribution in [0.3, 0.4) is 0 Å². The molecule has 0 radical (unpaired) electrons. The largest absolute Gasteiger partial charge is 0.325 e. The lowest BCUT2D eigenvalue weighted by atomic mass is 10.2. The van der Waals surface area contributed by atoms with Gasteiger partial charge >= 0.3 is 0 Å². The lowest BCUT2D eigenvalue weighted by Crippen LogP contribution is -2.37. The Balaban J connectivity index is 2.12. The lowest BCUT2D eigenvalue weighted by Gasteiger charge is -2.13. The molecule has 1 amide bonds. The molecular weight excluding hydrogens is 298 g/mol. The Morgan fingerprint density at radius 2 is 2.20 bits per heavy atom. The number of anilines is 2. The maximum Gasteiger partial charge on any atom is 0.242 e. The van der Waals surface area contributed by atoms with Gasteiger partial charge in [-0.25, -0.2) is 8.42 Å². The SMILES string of the molecule is Cc1ccc(NC(=O)C2CSCN2)cc1NS(C)(=O)=O. The molecule has 1 saturated heterocycles. The third-order valence-electron chi connectivity index (χ3n) is 2.83. The molecule has 0 spiro atoms. The van der Waals surface area contributed by atoms with Crippen LogP contribution < -0.4 is 15.4 Å². The fourth-order valence-electron chi connectivity index (χ4n) is 1.80.